The van der Waals surface area contributed by atoms with Gasteiger partial charge in [0.15, 0.2) is 5.58 Å². The summed E-state index contributed by atoms with van der Waals surface area (Å²) in [6, 6.07) is 5.96. The lowest BCUT2D eigenvalue weighted by Crippen LogP contribution is -2.38. The molecule has 1 heterocycles. The molecule has 1 aliphatic carbocycles. The van der Waals surface area contributed by atoms with E-state index in [1.165, 1.54) is 24.3 Å². The number of fused-ring (bicyclic) bond motifs is 1. The van der Waals surface area contributed by atoms with Crippen LogP contribution in [-0.2, 0) is 4.79 Å². The molecule has 0 bridgehead atoms. The second-order valence-corrected chi connectivity index (χ2v) is 4.91. The molecular formula is C14H11FN4O2. The number of nitriles is 1. The van der Waals surface area contributed by atoms with Crippen molar-refractivity contribution in [1.29, 1.82) is 5.26 Å². The molecule has 21 heavy (non-hydrogen) atoms. The lowest BCUT2D eigenvalue weighted by molar-refractivity contribution is -0.118. The van der Waals surface area contributed by atoms with Crippen LogP contribution in [0.3, 0.4) is 0 Å². The second kappa shape index (κ2) is 4.59. The van der Waals surface area contributed by atoms with Gasteiger partial charge in [-0.15, -0.1) is 0 Å². The summed E-state index contributed by atoms with van der Waals surface area (Å²) in [6.07, 6.45) is 2.48. The van der Waals surface area contributed by atoms with Gasteiger partial charge in [0, 0.05) is 12.1 Å². The Morgan fingerprint density at radius 2 is 2.33 bits per heavy atom. The van der Waals surface area contributed by atoms with Crippen LogP contribution in [0.15, 0.2) is 28.3 Å². The van der Waals surface area contributed by atoms with Crippen molar-refractivity contribution in [3.63, 3.8) is 0 Å². The zero-order valence-corrected chi connectivity index (χ0v) is 10.9. The van der Waals surface area contributed by atoms with Crippen molar-refractivity contribution >= 4 is 23.1 Å². The molecule has 1 amide bonds. The predicted molar refractivity (Wildman–Crippen MR) is 71.9 cm³/mol. The molecular weight excluding hydrogens is 275 g/mol. The minimum absolute atomic E-state index is 0.102. The maximum atomic E-state index is 13.0. The van der Waals surface area contributed by atoms with Crippen LogP contribution in [0.4, 0.5) is 4.39 Å². The van der Waals surface area contributed by atoms with Crippen LogP contribution in [-0.4, -0.2) is 16.4 Å². The third-order valence-electron chi connectivity index (χ3n) is 3.23. The van der Waals surface area contributed by atoms with Gasteiger partial charge in [-0.2, -0.15) is 5.26 Å². The third kappa shape index (κ3) is 2.56. The number of hydrogen-bond acceptors (Lipinski definition) is 5. The first-order valence-corrected chi connectivity index (χ1v) is 6.28. The van der Waals surface area contributed by atoms with E-state index in [-0.39, 0.29) is 17.2 Å². The van der Waals surface area contributed by atoms with Crippen molar-refractivity contribution in [2.75, 3.05) is 0 Å². The van der Waals surface area contributed by atoms with E-state index in [2.05, 4.69) is 10.3 Å². The Bertz CT molecular complexity index is 799. The Morgan fingerprint density at radius 1 is 1.57 bits per heavy atom. The Kier molecular flexibility index (Phi) is 2.87. The van der Waals surface area contributed by atoms with Gasteiger partial charge < -0.3 is 15.5 Å². The maximum Gasteiger partial charge on any atom is 0.268 e. The predicted octanol–water partition coefficient (Wildman–Crippen LogP) is 1.44. The van der Waals surface area contributed by atoms with Gasteiger partial charge in [-0.05, 0) is 25.0 Å². The summed E-state index contributed by atoms with van der Waals surface area (Å²) in [5.74, 6) is -0.892. The number of halogens is 1. The van der Waals surface area contributed by atoms with Crippen LogP contribution in [0.2, 0.25) is 0 Å². The Hall–Kier alpha value is -2.88. The molecule has 1 saturated carbocycles. The Morgan fingerprint density at radius 3 is 3.00 bits per heavy atom. The lowest BCUT2D eigenvalue weighted by atomic mass is 10.3. The molecule has 6 nitrogen and oxygen atoms in total. The van der Waals surface area contributed by atoms with Crippen LogP contribution in [0.5, 0.6) is 0 Å². The fourth-order valence-electron chi connectivity index (χ4n) is 1.86. The SMILES string of the molecule is N#CC1(NC(=O)/C(N)=C/c2nc3ccc(F)cc3o2)CC1. The summed E-state index contributed by atoms with van der Waals surface area (Å²) in [4.78, 5) is 15.9. The molecule has 0 saturated heterocycles. The molecule has 106 valence electrons. The fraction of sp³-hybridized carbons (Fsp3) is 0.214. The summed E-state index contributed by atoms with van der Waals surface area (Å²) in [6.45, 7) is 0. The van der Waals surface area contributed by atoms with Gasteiger partial charge in [0.1, 0.15) is 22.6 Å². The smallest absolute Gasteiger partial charge is 0.268 e. The molecule has 0 spiro atoms. The summed E-state index contributed by atoms with van der Waals surface area (Å²) < 4.78 is 18.3. The number of carbonyl (C=O) groups is 1. The van der Waals surface area contributed by atoms with E-state index in [4.69, 9.17) is 15.4 Å². The van der Waals surface area contributed by atoms with Gasteiger partial charge in [0.25, 0.3) is 5.91 Å². The molecule has 0 aliphatic heterocycles. The number of hydrogen-bond donors (Lipinski definition) is 2. The Labute approximate surface area is 119 Å². The van der Waals surface area contributed by atoms with Gasteiger partial charge >= 0.3 is 0 Å². The number of rotatable bonds is 3. The minimum Gasteiger partial charge on any atom is -0.437 e. The normalized spacial score (nSPS) is 16.5. The molecule has 7 heteroatoms. The minimum atomic E-state index is -0.792. The monoisotopic (exact) mass is 286 g/mol. The molecule has 1 aromatic heterocycles. The van der Waals surface area contributed by atoms with E-state index in [1.54, 1.807) is 0 Å². The van der Waals surface area contributed by atoms with Crippen LogP contribution in [0, 0.1) is 17.1 Å². The highest BCUT2D eigenvalue weighted by molar-refractivity contribution is 5.97. The van der Waals surface area contributed by atoms with E-state index in [9.17, 15) is 9.18 Å². The van der Waals surface area contributed by atoms with Crippen LogP contribution >= 0.6 is 0 Å². The third-order valence-corrected chi connectivity index (χ3v) is 3.23. The molecule has 1 aromatic carbocycles. The standard InChI is InChI=1S/C14H11FN4O2/c15-8-1-2-10-11(5-8)21-12(18-10)6-9(17)13(20)19-14(7-16)3-4-14/h1-2,5-6H,3-4,17H2,(H,19,20)/b9-6-. The molecule has 0 unspecified atom stereocenters. The highest BCUT2D eigenvalue weighted by atomic mass is 19.1. The van der Waals surface area contributed by atoms with Crippen molar-refractivity contribution < 1.29 is 13.6 Å². The number of oxazole rings is 1. The van der Waals surface area contributed by atoms with Crippen molar-refractivity contribution in [2.45, 2.75) is 18.4 Å². The van der Waals surface area contributed by atoms with E-state index in [0.717, 1.165) is 0 Å². The average Bonchev–Trinajstić information content (AvgIpc) is 3.11. The zero-order chi connectivity index (χ0) is 15.0. The summed E-state index contributed by atoms with van der Waals surface area (Å²) in [5.41, 5.74) is 5.48. The Balaban J connectivity index is 1.82. The molecule has 0 atom stereocenters. The van der Waals surface area contributed by atoms with Gasteiger partial charge in [0.05, 0.1) is 6.07 Å². The van der Waals surface area contributed by atoms with Crippen molar-refractivity contribution in [1.82, 2.24) is 10.3 Å². The molecule has 3 N–H and O–H groups in total. The second-order valence-electron chi connectivity index (χ2n) is 4.91. The van der Waals surface area contributed by atoms with Crippen molar-refractivity contribution in [2.24, 2.45) is 5.73 Å². The zero-order valence-electron chi connectivity index (χ0n) is 10.9. The van der Waals surface area contributed by atoms with Crippen molar-refractivity contribution in [3.8, 4) is 6.07 Å². The van der Waals surface area contributed by atoms with E-state index >= 15 is 0 Å². The number of nitrogens with zero attached hydrogens (tertiary/aromatic N) is 2. The first kappa shape index (κ1) is 13.1. The van der Waals surface area contributed by atoms with Crippen LogP contribution in [0.1, 0.15) is 18.7 Å². The van der Waals surface area contributed by atoms with Gasteiger partial charge in [-0.3, -0.25) is 4.79 Å². The largest absolute Gasteiger partial charge is 0.437 e. The van der Waals surface area contributed by atoms with E-state index < -0.39 is 17.3 Å². The van der Waals surface area contributed by atoms with Gasteiger partial charge in [-0.25, -0.2) is 9.37 Å². The quantitative estimate of drug-likeness (QED) is 0.830. The topological polar surface area (TPSA) is 105 Å². The first-order chi connectivity index (χ1) is 10.0. The lowest BCUT2D eigenvalue weighted by Gasteiger charge is -2.08. The first-order valence-electron chi connectivity index (χ1n) is 6.28. The van der Waals surface area contributed by atoms with E-state index in [0.29, 0.717) is 18.4 Å². The maximum absolute atomic E-state index is 13.0. The van der Waals surface area contributed by atoms with E-state index in [1.807, 2.05) is 6.07 Å². The summed E-state index contributed by atoms with van der Waals surface area (Å²) in [5, 5.41) is 11.5. The number of carbonyl (C=O) groups excluding carboxylic acids is 1. The number of aromatic nitrogens is 1. The number of amides is 1. The highest BCUT2D eigenvalue weighted by Crippen LogP contribution is 2.34. The van der Waals surface area contributed by atoms with Gasteiger partial charge in [-0.1, -0.05) is 0 Å². The van der Waals surface area contributed by atoms with Crippen LogP contribution < -0.4 is 11.1 Å². The molecule has 0 radical (unpaired) electrons. The number of nitrogens with two attached hydrogens (primary N) is 1. The number of benzene rings is 1. The molecule has 2 aromatic rings. The van der Waals surface area contributed by atoms with Crippen LogP contribution in [0.25, 0.3) is 17.2 Å². The number of nitrogens with one attached hydrogen (secondary N) is 1. The fourth-order valence-corrected chi connectivity index (χ4v) is 1.86. The van der Waals surface area contributed by atoms with Gasteiger partial charge in [0.2, 0.25) is 5.89 Å². The molecule has 1 aliphatic rings. The van der Waals surface area contributed by atoms with Crippen molar-refractivity contribution in [3.05, 3.63) is 35.6 Å². The summed E-state index contributed by atoms with van der Waals surface area (Å²) in [7, 11) is 0. The molecule has 1 fully saturated rings. The average molecular weight is 286 g/mol. The highest BCUT2D eigenvalue weighted by Gasteiger charge is 2.44. The summed E-state index contributed by atoms with van der Waals surface area (Å²) >= 11 is 0. The molecule has 3 rings (SSSR count).